The third kappa shape index (κ3) is 7.83. The highest BCUT2D eigenvalue weighted by molar-refractivity contribution is 6.13. The number of hydrogen-bond donors (Lipinski definition) is 0. The van der Waals surface area contributed by atoms with Crippen LogP contribution in [0, 0.1) is 0 Å². The molecular weight excluding hydrogens is 418 g/mol. The molecule has 1 saturated heterocycles. The van der Waals surface area contributed by atoms with E-state index >= 15 is 0 Å². The van der Waals surface area contributed by atoms with Crippen LogP contribution in [0.3, 0.4) is 0 Å². The van der Waals surface area contributed by atoms with Gasteiger partial charge in [0.2, 0.25) is 5.91 Å². The minimum absolute atomic E-state index is 0.0191. The third-order valence-electron chi connectivity index (χ3n) is 5.54. The van der Waals surface area contributed by atoms with Crippen LogP contribution in [0.4, 0.5) is 0 Å². The van der Waals surface area contributed by atoms with Crippen molar-refractivity contribution < 1.29 is 33.4 Å². The Morgan fingerprint density at radius 3 is 2.44 bits per heavy atom. The van der Waals surface area contributed by atoms with Crippen molar-refractivity contribution in [1.82, 2.24) is 14.7 Å². The number of carbonyl (C=O) groups is 5. The van der Waals surface area contributed by atoms with Crippen LogP contribution >= 0.6 is 0 Å². The Bertz CT molecular complexity index is 719. The van der Waals surface area contributed by atoms with E-state index in [1.165, 1.54) is 19.3 Å². The van der Waals surface area contributed by atoms with E-state index in [1.807, 2.05) is 4.90 Å². The lowest BCUT2D eigenvalue weighted by molar-refractivity contribution is -0.151. The van der Waals surface area contributed by atoms with Gasteiger partial charge in [0.25, 0.3) is 11.8 Å². The van der Waals surface area contributed by atoms with Crippen LogP contribution in [-0.2, 0) is 33.4 Å². The Morgan fingerprint density at radius 1 is 1.06 bits per heavy atom. The van der Waals surface area contributed by atoms with E-state index in [9.17, 15) is 24.0 Å². The topological polar surface area (TPSA) is 114 Å². The molecular formula is C22H33N3O7. The molecule has 0 saturated carbocycles. The summed E-state index contributed by atoms with van der Waals surface area (Å²) in [6.07, 6.45) is 5.80. The Balaban J connectivity index is 1.92. The number of ketones is 1. The van der Waals surface area contributed by atoms with Crippen LogP contribution in [0.25, 0.3) is 0 Å². The first-order chi connectivity index (χ1) is 15.3. The van der Waals surface area contributed by atoms with E-state index < -0.39 is 17.8 Å². The lowest BCUT2D eigenvalue weighted by atomic mass is 10.1. The fraction of sp³-hybridized carbons (Fsp3) is 0.682. The molecule has 0 aromatic carbocycles. The Labute approximate surface area is 188 Å². The first kappa shape index (κ1) is 25.7. The van der Waals surface area contributed by atoms with Gasteiger partial charge >= 0.3 is 5.97 Å². The summed E-state index contributed by atoms with van der Waals surface area (Å²) in [7, 11) is 1.40. The number of esters is 1. The second kappa shape index (κ2) is 13.1. The highest BCUT2D eigenvalue weighted by atomic mass is 16.6. The molecule has 10 heteroatoms. The number of hydrogen-bond acceptors (Lipinski definition) is 8. The molecule has 1 atom stereocenters. The van der Waals surface area contributed by atoms with Crippen molar-refractivity contribution in [3.8, 4) is 0 Å². The number of piperazine rings is 1. The molecule has 1 unspecified atom stereocenters. The molecule has 2 heterocycles. The number of unbranched alkanes of at least 4 members (excludes halogenated alkanes) is 2. The van der Waals surface area contributed by atoms with E-state index in [0.717, 1.165) is 24.2 Å². The monoisotopic (exact) mass is 451 g/mol. The molecule has 0 N–H and O–H groups in total. The maximum absolute atomic E-state index is 12.7. The number of methoxy groups -OCH3 is 1. The molecule has 2 aliphatic heterocycles. The molecule has 1 fully saturated rings. The molecule has 3 amide bonds. The molecule has 2 rings (SSSR count). The molecule has 10 nitrogen and oxygen atoms in total. The highest BCUT2D eigenvalue weighted by Gasteiger charge is 2.32. The maximum Gasteiger partial charge on any atom is 0.332 e. The first-order valence-corrected chi connectivity index (χ1v) is 11.1. The van der Waals surface area contributed by atoms with Gasteiger partial charge in [-0.15, -0.1) is 0 Å². The fourth-order valence-electron chi connectivity index (χ4n) is 3.73. The first-order valence-electron chi connectivity index (χ1n) is 11.1. The lowest BCUT2D eigenvalue weighted by Gasteiger charge is -2.41. The van der Waals surface area contributed by atoms with Crippen molar-refractivity contribution in [2.45, 2.75) is 45.1 Å². The number of carbonyl (C=O) groups excluding carboxylic acids is 5. The molecule has 32 heavy (non-hydrogen) atoms. The normalized spacial score (nSPS) is 19.0. The van der Waals surface area contributed by atoms with Crippen LogP contribution in [0.15, 0.2) is 12.2 Å². The van der Waals surface area contributed by atoms with Crippen molar-refractivity contribution in [1.29, 1.82) is 0 Å². The van der Waals surface area contributed by atoms with Gasteiger partial charge in [0.1, 0.15) is 19.0 Å². The second-order valence-electron chi connectivity index (χ2n) is 7.99. The predicted octanol–water partition coefficient (Wildman–Crippen LogP) is 0.153. The molecule has 178 valence electrons. The Morgan fingerprint density at radius 2 is 1.78 bits per heavy atom. The minimum Gasteiger partial charge on any atom is -0.462 e. The Hall–Kier alpha value is -2.59. The third-order valence-corrected chi connectivity index (χ3v) is 5.54. The standard InChI is InChI=1S/C22H33N3O7/c1-3-4-5-6-18(26)14-23-11-12-24(13-17(23)15-32-22(30)16-31-2)19(27)9-10-25-20(28)7-8-21(25)29/h7-8,17H,3-6,9-16H2,1-2H3. The Kier molecular flexibility index (Phi) is 10.5. The molecule has 0 radical (unpaired) electrons. The zero-order valence-corrected chi connectivity index (χ0v) is 18.9. The molecule has 0 spiro atoms. The van der Waals surface area contributed by atoms with E-state index in [-0.39, 0.29) is 50.5 Å². The van der Waals surface area contributed by atoms with E-state index in [4.69, 9.17) is 9.47 Å². The largest absolute Gasteiger partial charge is 0.462 e. The summed E-state index contributed by atoms with van der Waals surface area (Å²) in [6, 6.07) is -0.319. The predicted molar refractivity (Wildman–Crippen MR) is 114 cm³/mol. The van der Waals surface area contributed by atoms with E-state index in [1.54, 1.807) is 4.90 Å². The second-order valence-corrected chi connectivity index (χ2v) is 7.99. The summed E-state index contributed by atoms with van der Waals surface area (Å²) in [5.74, 6) is -1.41. The molecule has 0 bridgehead atoms. The van der Waals surface area contributed by atoms with Gasteiger partial charge in [-0.05, 0) is 6.42 Å². The summed E-state index contributed by atoms with van der Waals surface area (Å²) in [4.78, 5) is 64.7. The highest BCUT2D eigenvalue weighted by Crippen LogP contribution is 2.14. The minimum atomic E-state index is -0.510. The van der Waals surface area contributed by atoms with Gasteiger partial charge in [-0.25, -0.2) is 4.79 Å². The van der Waals surface area contributed by atoms with Gasteiger partial charge in [0.15, 0.2) is 0 Å². The smallest absolute Gasteiger partial charge is 0.332 e. The van der Waals surface area contributed by atoms with Crippen molar-refractivity contribution in [3.05, 3.63) is 12.2 Å². The van der Waals surface area contributed by atoms with Crippen LogP contribution in [0.1, 0.15) is 39.0 Å². The zero-order chi connectivity index (χ0) is 23.5. The SMILES string of the molecule is CCCCCC(=O)CN1CCN(C(=O)CCN2C(=O)C=CC2=O)CC1COC(=O)COC. The fourth-order valence-corrected chi connectivity index (χ4v) is 3.73. The summed E-state index contributed by atoms with van der Waals surface area (Å²) in [5, 5.41) is 0. The van der Waals surface area contributed by atoms with Crippen LogP contribution in [0.5, 0.6) is 0 Å². The van der Waals surface area contributed by atoms with E-state index in [0.29, 0.717) is 26.1 Å². The number of imide groups is 1. The quantitative estimate of drug-likeness (QED) is 0.221. The van der Waals surface area contributed by atoms with Gasteiger partial charge in [0, 0.05) is 58.3 Å². The summed E-state index contributed by atoms with van der Waals surface area (Å²) >= 11 is 0. The summed E-state index contributed by atoms with van der Waals surface area (Å²) in [6.45, 7) is 3.41. The molecule has 0 aliphatic carbocycles. The van der Waals surface area contributed by atoms with Gasteiger partial charge < -0.3 is 14.4 Å². The number of ether oxygens (including phenoxy) is 2. The van der Waals surface area contributed by atoms with Crippen molar-refractivity contribution in [2.75, 3.05) is 53.0 Å². The van der Waals surface area contributed by atoms with Crippen LogP contribution in [0.2, 0.25) is 0 Å². The van der Waals surface area contributed by atoms with Gasteiger partial charge in [-0.2, -0.15) is 0 Å². The van der Waals surface area contributed by atoms with Crippen molar-refractivity contribution >= 4 is 29.5 Å². The van der Waals surface area contributed by atoms with Crippen LogP contribution < -0.4 is 0 Å². The average Bonchev–Trinajstić information content (AvgIpc) is 3.09. The van der Waals surface area contributed by atoms with E-state index in [2.05, 4.69) is 6.92 Å². The van der Waals surface area contributed by atoms with Crippen LogP contribution in [-0.4, -0.2) is 103 Å². The summed E-state index contributed by atoms with van der Waals surface area (Å²) in [5.41, 5.74) is 0. The van der Waals surface area contributed by atoms with Crippen molar-refractivity contribution in [3.63, 3.8) is 0 Å². The molecule has 0 aromatic heterocycles. The van der Waals surface area contributed by atoms with Gasteiger partial charge in [-0.3, -0.25) is 29.0 Å². The average molecular weight is 452 g/mol. The molecule has 0 aromatic rings. The van der Waals surface area contributed by atoms with Gasteiger partial charge in [0.05, 0.1) is 12.6 Å². The number of nitrogens with zero attached hydrogens (tertiary/aromatic N) is 3. The lowest BCUT2D eigenvalue weighted by Crippen LogP contribution is -2.57. The zero-order valence-electron chi connectivity index (χ0n) is 18.9. The molecule has 2 aliphatic rings. The summed E-state index contributed by atoms with van der Waals surface area (Å²) < 4.78 is 10.0. The van der Waals surface area contributed by atoms with Gasteiger partial charge in [-0.1, -0.05) is 19.8 Å². The number of Topliss-reactive ketones (excluding diaryl/α,β-unsaturated/α-hetero) is 1. The maximum atomic E-state index is 12.7. The van der Waals surface area contributed by atoms with Crippen molar-refractivity contribution in [2.24, 2.45) is 0 Å². The number of amides is 3. The number of rotatable bonds is 13.